The lowest BCUT2D eigenvalue weighted by Gasteiger charge is -2.24. The minimum absolute atomic E-state index is 0.148. The summed E-state index contributed by atoms with van der Waals surface area (Å²) < 4.78 is 46.5. The summed E-state index contributed by atoms with van der Waals surface area (Å²) in [5.74, 6) is -0.387. The van der Waals surface area contributed by atoms with E-state index < -0.39 is 62.2 Å². The van der Waals surface area contributed by atoms with Crippen molar-refractivity contribution in [1.29, 1.82) is 0 Å². The number of alkyl halides is 1. The SMILES string of the molecule is CCC(C(=O)OC1CCCC1)N(OC[C@H]1O[C@@H](n2ccc(=O)[nH]c2=O)[C@](C)(F)[C@@H]1O)[P+](=O)Oc1ccccc1. The highest BCUT2D eigenvalue weighted by atomic mass is 31.1. The first kappa shape index (κ1) is 29.0. The summed E-state index contributed by atoms with van der Waals surface area (Å²) in [5, 5.41) is 10.7. The molecule has 2 aliphatic rings. The molecule has 0 radical (unpaired) electrons. The predicted octanol–water partition coefficient (Wildman–Crippen LogP) is 2.76. The van der Waals surface area contributed by atoms with Gasteiger partial charge in [-0.1, -0.05) is 25.1 Å². The molecular formula is C25H32FN3O9P+. The summed E-state index contributed by atoms with van der Waals surface area (Å²) in [5.41, 5.74) is -4.06. The van der Waals surface area contributed by atoms with Crippen LogP contribution in [0.3, 0.4) is 0 Å². The molecule has 2 N–H and O–H groups in total. The van der Waals surface area contributed by atoms with Gasteiger partial charge in [0.1, 0.15) is 24.9 Å². The second-order valence-electron chi connectivity index (χ2n) is 9.65. The number of benzene rings is 1. The van der Waals surface area contributed by atoms with Crippen LogP contribution in [0.25, 0.3) is 0 Å². The van der Waals surface area contributed by atoms with Gasteiger partial charge < -0.3 is 14.6 Å². The fraction of sp³-hybridized carbons (Fsp3) is 0.560. The number of carbonyl (C=O) groups excluding carboxylic acids is 1. The Morgan fingerprint density at radius 2 is 1.97 bits per heavy atom. The molecule has 0 bridgehead atoms. The molecule has 1 aromatic carbocycles. The topological polar surface area (TPSA) is 149 Å². The molecule has 14 heteroatoms. The monoisotopic (exact) mass is 568 g/mol. The first-order valence-electron chi connectivity index (χ1n) is 12.8. The lowest BCUT2D eigenvalue weighted by Crippen LogP contribution is -2.45. The molecule has 4 rings (SSSR count). The molecule has 0 spiro atoms. The van der Waals surface area contributed by atoms with Gasteiger partial charge in [-0.05, 0) is 51.2 Å². The molecule has 1 aliphatic heterocycles. The number of hydrogen-bond donors (Lipinski definition) is 2. The van der Waals surface area contributed by atoms with Gasteiger partial charge in [-0.25, -0.2) is 13.7 Å². The van der Waals surface area contributed by atoms with Crippen molar-refractivity contribution in [1.82, 2.24) is 14.4 Å². The average molecular weight is 569 g/mol. The maximum atomic E-state index is 15.6. The Labute approximate surface area is 224 Å². The molecule has 0 amide bonds. The molecule has 2 aromatic rings. The molecule has 6 atom stereocenters. The zero-order valence-corrected chi connectivity index (χ0v) is 22.5. The van der Waals surface area contributed by atoms with E-state index in [2.05, 4.69) is 0 Å². The molecule has 1 saturated carbocycles. The van der Waals surface area contributed by atoms with E-state index in [0.29, 0.717) is 0 Å². The first-order chi connectivity index (χ1) is 18.6. The molecule has 1 saturated heterocycles. The summed E-state index contributed by atoms with van der Waals surface area (Å²) in [7, 11) is -2.80. The van der Waals surface area contributed by atoms with Crippen LogP contribution < -0.4 is 15.8 Å². The zero-order chi connectivity index (χ0) is 28.2. The molecule has 2 fully saturated rings. The van der Waals surface area contributed by atoms with Crippen molar-refractivity contribution in [2.45, 2.75) is 82.2 Å². The number of carbonyl (C=O) groups is 1. The van der Waals surface area contributed by atoms with Gasteiger partial charge in [0, 0.05) is 16.8 Å². The Hall–Kier alpha value is -2.96. The molecule has 212 valence electrons. The number of hydroxylamine groups is 1. The lowest BCUT2D eigenvalue weighted by molar-refractivity contribution is -0.186. The number of aromatic nitrogens is 2. The van der Waals surface area contributed by atoms with E-state index in [1.54, 1.807) is 37.3 Å². The number of para-hydroxylation sites is 1. The predicted molar refractivity (Wildman–Crippen MR) is 136 cm³/mol. The minimum Gasteiger partial charge on any atom is -0.461 e. The first-order valence-corrected chi connectivity index (χ1v) is 13.9. The van der Waals surface area contributed by atoms with Crippen molar-refractivity contribution in [3.63, 3.8) is 0 Å². The third kappa shape index (κ3) is 6.62. The maximum Gasteiger partial charge on any atom is 0.693 e. The Morgan fingerprint density at radius 3 is 2.62 bits per heavy atom. The normalized spacial score (nSPS) is 26.5. The van der Waals surface area contributed by atoms with Crippen LogP contribution in [0.15, 0.2) is 52.2 Å². The molecular weight excluding hydrogens is 536 g/mol. The Bertz CT molecular complexity index is 1270. The number of hydrogen-bond acceptors (Lipinski definition) is 9. The van der Waals surface area contributed by atoms with E-state index in [4.69, 9.17) is 18.8 Å². The third-order valence-electron chi connectivity index (χ3n) is 6.79. The van der Waals surface area contributed by atoms with Gasteiger partial charge in [0.05, 0.1) is 4.83 Å². The van der Waals surface area contributed by atoms with Crippen LogP contribution in [0.4, 0.5) is 4.39 Å². The molecule has 2 heterocycles. The van der Waals surface area contributed by atoms with E-state index >= 15 is 4.39 Å². The fourth-order valence-electron chi connectivity index (χ4n) is 4.64. The van der Waals surface area contributed by atoms with E-state index in [1.807, 2.05) is 4.98 Å². The van der Waals surface area contributed by atoms with E-state index in [9.17, 15) is 24.1 Å². The zero-order valence-electron chi connectivity index (χ0n) is 21.6. The van der Waals surface area contributed by atoms with Crippen molar-refractivity contribution >= 4 is 14.1 Å². The molecule has 1 aromatic heterocycles. The number of nitrogens with one attached hydrogen (secondary N) is 1. The summed E-state index contributed by atoms with van der Waals surface area (Å²) in [6, 6.07) is 8.15. The molecule has 2 unspecified atom stereocenters. The van der Waals surface area contributed by atoms with Gasteiger partial charge in [0.25, 0.3) is 5.56 Å². The van der Waals surface area contributed by atoms with Crippen LogP contribution >= 0.6 is 8.18 Å². The number of aromatic amines is 1. The number of halogens is 1. The maximum absolute atomic E-state index is 15.6. The summed E-state index contributed by atoms with van der Waals surface area (Å²) >= 11 is 0. The van der Waals surface area contributed by atoms with Gasteiger partial charge >= 0.3 is 19.8 Å². The fourth-order valence-corrected chi connectivity index (χ4v) is 5.67. The van der Waals surface area contributed by atoms with Crippen LogP contribution in [-0.4, -0.2) is 62.1 Å². The number of esters is 1. The van der Waals surface area contributed by atoms with Gasteiger partial charge in [0.15, 0.2) is 23.7 Å². The second-order valence-corrected chi connectivity index (χ2v) is 10.7. The Balaban J connectivity index is 1.53. The van der Waals surface area contributed by atoms with Gasteiger partial charge in [-0.15, -0.1) is 0 Å². The smallest absolute Gasteiger partial charge is 0.461 e. The molecule has 39 heavy (non-hydrogen) atoms. The number of H-pyrrole nitrogens is 1. The van der Waals surface area contributed by atoms with Crippen LogP contribution in [0, 0.1) is 0 Å². The number of rotatable bonds is 11. The van der Waals surface area contributed by atoms with Crippen LogP contribution in [0.2, 0.25) is 0 Å². The number of nitrogens with zero attached hydrogens (tertiary/aromatic N) is 2. The van der Waals surface area contributed by atoms with E-state index in [0.717, 1.165) is 54.3 Å². The van der Waals surface area contributed by atoms with Gasteiger partial charge in [0.2, 0.25) is 0 Å². The van der Waals surface area contributed by atoms with Gasteiger partial charge in [-0.2, -0.15) is 0 Å². The number of aliphatic hydroxyl groups is 1. The number of aliphatic hydroxyl groups excluding tert-OH is 1. The van der Waals surface area contributed by atoms with E-state index in [1.165, 1.54) is 0 Å². The van der Waals surface area contributed by atoms with Crippen LogP contribution in [0.5, 0.6) is 5.75 Å². The van der Waals surface area contributed by atoms with Crippen molar-refractivity contribution in [2.75, 3.05) is 6.61 Å². The van der Waals surface area contributed by atoms with Crippen molar-refractivity contribution in [3.8, 4) is 5.75 Å². The quantitative estimate of drug-likeness (QED) is 0.235. The lowest BCUT2D eigenvalue weighted by atomic mass is 9.98. The molecule has 1 aliphatic carbocycles. The standard InChI is InChI=1S/C25H31FN3O9P/c1-3-18(22(32)36-16-9-7-8-10-16)29(39(34)38-17-11-5-4-6-12-17)35-15-19-21(31)25(2,26)23(37-19)28-14-13-20(30)27-24(28)33/h4-6,11-14,16,18-19,21,23,31H,3,7-10,15H2,1-2H3/p+1/t18?,19-,21-,23-,25-/m1/s1. The highest BCUT2D eigenvalue weighted by Gasteiger charge is 2.56. The van der Waals surface area contributed by atoms with Gasteiger partial charge in [-0.3, -0.25) is 24.0 Å². The van der Waals surface area contributed by atoms with Crippen LogP contribution in [-0.2, 0) is 23.7 Å². The van der Waals surface area contributed by atoms with Crippen molar-refractivity contribution in [2.24, 2.45) is 0 Å². The Kier molecular flexibility index (Phi) is 9.29. The molecule has 12 nitrogen and oxygen atoms in total. The average Bonchev–Trinajstić information content (AvgIpc) is 3.48. The highest BCUT2D eigenvalue weighted by Crippen LogP contribution is 2.42. The summed E-state index contributed by atoms with van der Waals surface area (Å²) in [4.78, 5) is 45.3. The van der Waals surface area contributed by atoms with E-state index in [-0.39, 0.29) is 18.3 Å². The largest absolute Gasteiger partial charge is 0.693 e. The Morgan fingerprint density at radius 1 is 1.28 bits per heavy atom. The third-order valence-corrected chi connectivity index (χ3v) is 7.87. The number of ether oxygens (including phenoxy) is 2. The van der Waals surface area contributed by atoms with Crippen molar-refractivity contribution in [3.05, 3.63) is 63.4 Å². The minimum atomic E-state index is -2.80. The van der Waals surface area contributed by atoms with Crippen molar-refractivity contribution < 1.29 is 37.7 Å². The van der Waals surface area contributed by atoms with Crippen LogP contribution in [0.1, 0.15) is 52.2 Å². The summed E-state index contributed by atoms with van der Waals surface area (Å²) in [6.07, 6.45) is -0.393. The highest BCUT2D eigenvalue weighted by molar-refractivity contribution is 7.36. The second kappa shape index (κ2) is 12.5. The summed E-state index contributed by atoms with van der Waals surface area (Å²) in [6.45, 7) is 2.19.